The zero-order chi connectivity index (χ0) is 16.4. The number of aliphatic hydroxyl groups excluding tert-OH is 1. The average Bonchev–Trinajstić information content (AvgIpc) is 2.48. The van der Waals surface area contributed by atoms with E-state index in [0.29, 0.717) is 13.0 Å². The second-order valence-corrected chi connectivity index (χ2v) is 5.88. The normalized spacial score (nSPS) is 11.0. The van der Waals surface area contributed by atoms with Crippen molar-refractivity contribution in [1.82, 2.24) is 4.90 Å². The fourth-order valence-corrected chi connectivity index (χ4v) is 2.54. The summed E-state index contributed by atoms with van der Waals surface area (Å²) in [4.78, 5) is 14.4. The highest BCUT2D eigenvalue weighted by molar-refractivity contribution is 5.93. The number of amides is 1. The van der Waals surface area contributed by atoms with E-state index < -0.39 is 0 Å². The molecule has 1 aromatic rings. The van der Waals surface area contributed by atoms with Crippen molar-refractivity contribution in [3.05, 3.63) is 29.3 Å². The van der Waals surface area contributed by atoms with Crippen LogP contribution in [0.4, 0.5) is 5.69 Å². The summed E-state index contributed by atoms with van der Waals surface area (Å²) < 4.78 is 0. The number of unbranched alkanes of at least 4 members (excludes halogenated alkanes) is 2. The van der Waals surface area contributed by atoms with Crippen LogP contribution in [0, 0.1) is 13.8 Å². The largest absolute Gasteiger partial charge is 0.396 e. The van der Waals surface area contributed by atoms with Gasteiger partial charge in [0.15, 0.2) is 0 Å². The van der Waals surface area contributed by atoms with Crippen LogP contribution in [-0.2, 0) is 4.79 Å². The predicted molar refractivity (Wildman–Crippen MR) is 92.2 cm³/mol. The highest BCUT2D eigenvalue weighted by atomic mass is 16.3. The van der Waals surface area contributed by atoms with E-state index >= 15 is 0 Å². The Hall–Kier alpha value is -1.39. The SMILES string of the molecule is CCCCCN(CCCO)CC(=O)Nc1c(C)cccc1C. The fraction of sp³-hybridized carbons (Fsp3) is 0.611. The van der Waals surface area contributed by atoms with E-state index in [2.05, 4.69) is 17.1 Å². The van der Waals surface area contributed by atoms with E-state index in [1.807, 2.05) is 32.0 Å². The number of anilines is 1. The third-order valence-corrected chi connectivity index (χ3v) is 3.82. The molecule has 0 unspecified atom stereocenters. The van der Waals surface area contributed by atoms with Gasteiger partial charge in [-0.1, -0.05) is 38.0 Å². The maximum Gasteiger partial charge on any atom is 0.238 e. The first-order valence-electron chi connectivity index (χ1n) is 8.27. The Labute approximate surface area is 134 Å². The van der Waals surface area contributed by atoms with Gasteiger partial charge in [0.05, 0.1) is 6.54 Å². The number of hydrogen-bond donors (Lipinski definition) is 2. The van der Waals surface area contributed by atoms with Crippen LogP contribution in [0.15, 0.2) is 18.2 Å². The zero-order valence-electron chi connectivity index (χ0n) is 14.2. The lowest BCUT2D eigenvalue weighted by Crippen LogP contribution is -2.35. The second-order valence-electron chi connectivity index (χ2n) is 5.88. The van der Waals surface area contributed by atoms with Crippen LogP contribution in [0.3, 0.4) is 0 Å². The molecule has 0 spiro atoms. The van der Waals surface area contributed by atoms with Crippen molar-refractivity contribution in [2.75, 3.05) is 31.6 Å². The van der Waals surface area contributed by atoms with Gasteiger partial charge in [0.2, 0.25) is 5.91 Å². The fourth-order valence-electron chi connectivity index (χ4n) is 2.54. The van der Waals surface area contributed by atoms with E-state index in [1.165, 1.54) is 12.8 Å². The Bertz CT molecular complexity index is 440. The van der Waals surface area contributed by atoms with Crippen molar-refractivity contribution in [2.24, 2.45) is 0 Å². The molecule has 0 saturated carbocycles. The standard InChI is InChI=1S/C18H30N2O2/c1-4-5-6-11-20(12-8-13-21)14-17(22)19-18-15(2)9-7-10-16(18)3/h7,9-10,21H,4-6,8,11-14H2,1-3H3,(H,19,22). The maximum atomic E-state index is 12.3. The smallest absolute Gasteiger partial charge is 0.238 e. The van der Waals surface area contributed by atoms with Gasteiger partial charge in [-0.25, -0.2) is 0 Å². The highest BCUT2D eigenvalue weighted by Gasteiger charge is 2.12. The summed E-state index contributed by atoms with van der Waals surface area (Å²) in [7, 11) is 0. The first-order valence-corrected chi connectivity index (χ1v) is 8.27. The van der Waals surface area contributed by atoms with Gasteiger partial charge in [-0.15, -0.1) is 0 Å². The summed E-state index contributed by atoms with van der Waals surface area (Å²) in [5.74, 6) is 0.0202. The van der Waals surface area contributed by atoms with Gasteiger partial charge < -0.3 is 10.4 Å². The molecule has 0 saturated heterocycles. The number of nitrogens with zero attached hydrogens (tertiary/aromatic N) is 1. The third-order valence-electron chi connectivity index (χ3n) is 3.82. The van der Waals surface area contributed by atoms with Gasteiger partial charge in [-0.2, -0.15) is 0 Å². The Morgan fingerprint density at radius 3 is 2.36 bits per heavy atom. The Morgan fingerprint density at radius 1 is 1.14 bits per heavy atom. The van der Waals surface area contributed by atoms with Crippen LogP contribution in [0.25, 0.3) is 0 Å². The summed E-state index contributed by atoms with van der Waals surface area (Å²) in [5, 5.41) is 12.0. The van der Waals surface area contributed by atoms with E-state index in [9.17, 15) is 4.79 Å². The molecule has 0 heterocycles. The molecule has 0 aliphatic heterocycles. The van der Waals surface area contributed by atoms with Crippen LogP contribution in [-0.4, -0.2) is 42.2 Å². The zero-order valence-corrected chi connectivity index (χ0v) is 14.2. The van der Waals surface area contributed by atoms with Crippen LogP contribution in [0.1, 0.15) is 43.7 Å². The van der Waals surface area contributed by atoms with E-state index in [0.717, 1.165) is 36.3 Å². The van der Waals surface area contributed by atoms with Crippen molar-refractivity contribution in [1.29, 1.82) is 0 Å². The van der Waals surface area contributed by atoms with Crippen LogP contribution < -0.4 is 5.32 Å². The molecule has 0 aromatic heterocycles. The third kappa shape index (κ3) is 6.58. The number of benzene rings is 1. The lowest BCUT2D eigenvalue weighted by atomic mass is 10.1. The van der Waals surface area contributed by atoms with Crippen LogP contribution >= 0.6 is 0 Å². The van der Waals surface area contributed by atoms with Crippen molar-refractivity contribution < 1.29 is 9.90 Å². The summed E-state index contributed by atoms with van der Waals surface area (Å²) in [5.41, 5.74) is 3.09. The summed E-state index contributed by atoms with van der Waals surface area (Å²) in [6.07, 6.45) is 4.15. The number of nitrogens with one attached hydrogen (secondary N) is 1. The molecule has 1 aromatic carbocycles. The summed E-state index contributed by atoms with van der Waals surface area (Å²) in [6.45, 7) is 8.42. The summed E-state index contributed by atoms with van der Waals surface area (Å²) in [6, 6.07) is 6.01. The molecule has 0 aliphatic rings. The molecule has 22 heavy (non-hydrogen) atoms. The van der Waals surface area contributed by atoms with Gasteiger partial charge in [-0.05, 0) is 44.4 Å². The Kier molecular flexibility index (Phi) is 8.78. The van der Waals surface area contributed by atoms with Crippen LogP contribution in [0.2, 0.25) is 0 Å². The molecule has 1 amide bonds. The number of carbonyl (C=O) groups excluding carboxylic acids is 1. The highest BCUT2D eigenvalue weighted by Crippen LogP contribution is 2.19. The number of para-hydroxylation sites is 1. The predicted octanol–water partition coefficient (Wildman–Crippen LogP) is 3.12. The minimum absolute atomic E-state index is 0.0202. The van der Waals surface area contributed by atoms with Crippen molar-refractivity contribution in [2.45, 2.75) is 46.5 Å². The van der Waals surface area contributed by atoms with Crippen molar-refractivity contribution in [3.63, 3.8) is 0 Å². The van der Waals surface area contributed by atoms with E-state index in [1.54, 1.807) is 0 Å². The van der Waals surface area contributed by atoms with Crippen molar-refractivity contribution >= 4 is 11.6 Å². The molecule has 0 atom stereocenters. The molecule has 4 nitrogen and oxygen atoms in total. The summed E-state index contributed by atoms with van der Waals surface area (Å²) >= 11 is 0. The molecular weight excluding hydrogens is 276 g/mol. The number of aliphatic hydroxyl groups is 1. The Balaban J connectivity index is 2.57. The molecule has 4 heteroatoms. The first kappa shape index (κ1) is 18.7. The van der Waals surface area contributed by atoms with Gasteiger partial charge in [0.25, 0.3) is 0 Å². The molecule has 2 N–H and O–H groups in total. The van der Waals surface area contributed by atoms with E-state index in [4.69, 9.17) is 5.11 Å². The average molecular weight is 306 g/mol. The number of aryl methyl sites for hydroxylation is 2. The van der Waals surface area contributed by atoms with Crippen LogP contribution in [0.5, 0.6) is 0 Å². The molecule has 1 rings (SSSR count). The quantitative estimate of drug-likeness (QED) is 0.653. The minimum atomic E-state index is 0.0202. The van der Waals surface area contributed by atoms with Gasteiger partial charge in [0.1, 0.15) is 0 Å². The molecular formula is C18H30N2O2. The minimum Gasteiger partial charge on any atom is -0.396 e. The molecule has 0 bridgehead atoms. The van der Waals surface area contributed by atoms with Gasteiger partial charge >= 0.3 is 0 Å². The Morgan fingerprint density at radius 2 is 1.77 bits per heavy atom. The lowest BCUT2D eigenvalue weighted by molar-refractivity contribution is -0.117. The topological polar surface area (TPSA) is 52.6 Å². The lowest BCUT2D eigenvalue weighted by Gasteiger charge is -2.22. The van der Waals surface area contributed by atoms with E-state index in [-0.39, 0.29) is 12.5 Å². The number of hydrogen-bond acceptors (Lipinski definition) is 3. The molecule has 0 fully saturated rings. The van der Waals surface area contributed by atoms with Gasteiger partial charge in [0, 0.05) is 18.8 Å². The monoisotopic (exact) mass is 306 g/mol. The molecule has 0 radical (unpaired) electrons. The number of carbonyl (C=O) groups is 1. The first-order chi connectivity index (χ1) is 10.6. The van der Waals surface area contributed by atoms with Crippen molar-refractivity contribution in [3.8, 4) is 0 Å². The molecule has 0 aliphatic carbocycles. The van der Waals surface area contributed by atoms with Gasteiger partial charge in [-0.3, -0.25) is 9.69 Å². The number of rotatable bonds is 10. The maximum absolute atomic E-state index is 12.3. The second kappa shape index (κ2) is 10.4. The molecule has 124 valence electrons.